The van der Waals surface area contributed by atoms with Crippen LogP contribution in [0, 0.1) is 10.8 Å². The number of nitrogens with one attached hydrogen (secondary N) is 2. The smallest absolute Gasteiger partial charge is 0.322 e. The number of rotatable bonds is 2. The van der Waals surface area contributed by atoms with Crippen molar-refractivity contribution in [3.05, 3.63) is 26.7 Å². The Balaban J connectivity index is 2.72. The van der Waals surface area contributed by atoms with Crippen LogP contribution >= 0.6 is 0 Å². The SMILES string of the molecule is CC(C)(C)Cc1nc2[nH]c(=O)[nH]c(=O)c2n1CC(C)(C)C. The second-order valence-electron chi connectivity index (χ2n) is 8.02. The quantitative estimate of drug-likeness (QED) is 0.888. The topological polar surface area (TPSA) is 83.5 Å². The molecule has 2 heterocycles. The van der Waals surface area contributed by atoms with Gasteiger partial charge >= 0.3 is 5.69 Å². The van der Waals surface area contributed by atoms with E-state index in [1.165, 1.54) is 0 Å². The average molecular weight is 292 g/mol. The summed E-state index contributed by atoms with van der Waals surface area (Å²) in [5.74, 6) is 0.833. The van der Waals surface area contributed by atoms with Gasteiger partial charge in [-0.15, -0.1) is 0 Å². The molecule has 6 heteroatoms. The number of nitrogens with zero attached hydrogens (tertiary/aromatic N) is 2. The van der Waals surface area contributed by atoms with Gasteiger partial charge in [0.15, 0.2) is 11.2 Å². The van der Waals surface area contributed by atoms with E-state index >= 15 is 0 Å². The van der Waals surface area contributed by atoms with Crippen LogP contribution in [0.2, 0.25) is 0 Å². The third-order valence-electron chi connectivity index (χ3n) is 3.04. The fraction of sp³-hybridized carbons (Fsp3) is 0.667. The Kier molecular flexibility index (Phi) is 3.59. The second kappa shape index (κ2) is 4.86. The van der Waals surface area contributed by atoms with E-state index in [9.17, 15) is 9.59 Å². The van der Waals surface area contributed by atoms with E-state index in [-0.39, 0.29) is 16.4 Å². The Labute approximate surface area is 123 Å². The molecule has 0 amide bonds. The second-order valence-corrected chi connectivity index (χ2v) is 8.02. The lowest BCUT2D eigenvalue weighted by Crippen LogP contribution is -2.26. The summed E-state index contributed by atoms with van der Waals surface area (Å²) in [7, 11) is 0. The van der Waals surface area contributed by atoms with Crippen molar-refractivity contribution in [2.24, 2.45) is 10.8 Å². The van der Waals surface area contributed by atoms with Crippen LogP contribution in [0.5, 0.6) is 0 Å². The van der Waals surface area contributed by atoms with Gasteiger partial charge in [-0.05, 0) is 10.8 Å². The highest BCUT2D eigenvalue weighted by Crippen LogP contribution is 2.25. The molecule has 2 aromatic heterocycles. The predicted molar refractivity (Wildman–Crippen MR) is 83.6 cm³/mol. The van der Waals surface area contributed by atoms with Crippen molar-refractivity contribution in [2.75, 3.05) is 0 Å². The number of hydrogen-bond donors (Lipinski definition) is 2. The van der Waals surface area contributed by atoms with Crippen molar-refractivity contribution in [1.29, 1.82) is 0 Å². The first kappa shape index (κ1) is 15.5. The molecule has 0 aliphatic carbocycles. The van der Waals surface area contributed by atoms with Crippen LogP contribution in [0.1, 0.15) is 47.4 Å². The highest BCUT2D eigenvalue weighted by atomic mass is 16.2. The lowest BCUT2D eigenvalue weighted by atomic mass is 9.91. The summed E-state index contributed by atoms with van der Waals surface area (Å²) in [4.78, 5) is 33.0. The highest BCUT2D eigenvalue weighted by molar-refractivity contribution is 5.70. The zero-order valence-corrected chi connectivity index (χ0v) is 13.6. The molecule has 0 aromatic carbocycles. The third-order valence-corrected chi connectivity index (χ3v) is 3.04. The predicted octanol–water partition coefficient (Wildman–Crippen LogP) is 2.05. The number of aromatic amines is 2. The minimum absolute atomic E-state index is 0.00282. The van der Waals surface area contributed by atoms with Crippen LogP contribution in [0.15, 0.2) is 9.59 Å². The molecule has 2 rings (SSSR count). The summed E-state index contributed by atoms with van der Waals surface area (Å²) in [6.07, 6.45) is 0.735. The fourth-order valence-electron chi connectivity index (χ4n) is 2.37. The summed E-state index contributed by atoms with van der Waals surface area (Å²) in [5.41, 5.74) is -0.0377. The molecule has 0 spiro atoms. The van der Waals surface area contributed by atoms with Gasteiger partial charge < -0.3 is 4.57 Å². The lowest BCUT2D eigenvalue weighted by molar-refractivity contribution is 0.328. The molecule has 21 heavy (non-hydrogen) atoms. The van der Waals surface area contributed by atoms with Gasteiger partial charge in [0.05, 0.1) is 0 Å². The molecule has 6 nitrogen and oxygen atoms in total. The van der Waals surface area contributed by atoms with Gasteiger partial charge in [-0.1, -0.05) is 41.5 Å². The van der Waals surface area contributed by atoms with Crippen LogP contribution < -0.4 is 11.2 Å². The normalized spacial score (nSPS) is 13.0. The van der Waals surface area contributed by atoms with Gasteiger partial charge in [0, 0.05) is 13.0 Å². The first-order valence-corrected chi connectivity index (χ1v) is 7.18. The Morgan fingerprint density at radius 2 is 1.62 bits per heavy atom. The van der Waals surface area contributed by atoms with Crippen molar-refractivity contribution < 1.29 is 0 Å². The number of imidazole rings is 1. The minimum Gasteiger partial charge on any atom is -0.322 e. The summed E-state index contributed by atoms with van der Waals surface area (Å²) >= 11 is 0. The molecule has 2 aromatic rings. The van der Waals surface area contributed by atoms with Gasteiger partial charge in [0.2, 0.25) is 0 Å². The maximum Gasteiger partial charge on any atom is 0.327 e. The molecule has 0 saturated carbocycles. The first-order chi connectivity index (χ1) is 9.46. The molecule has 0 fully saturated rings. The molecular weight excluding hydrogens is 268 g/mol. The third kappa shape index (κ3) is 3.62. The molecule has 0 saturated heterocycles. The van der Waals surface area contributed by atoms with Gasteiger partial charge in [-0.2, -0.15) is 0 Å². The van der Waals surface area contributed by atoms with Crippen molar-refractivity contribution in [2.45, 2.75) is 54.5 Å². The summed E-state index contributed by atoms with van der Waals surface area (Å²) in [6.45, 7) is 13.4. The van der Waals surface area contributed by atoms with Gasteiger partial charge in [0.1, 0.15) is 5.82 Å². The summed E-state index contributed by atoms with van der Waals surface area (Å²) < 4.78 is 1.94. The van der Waals surface area contributed by atoms with E-state index in [0.717, 1.165) is 12.2 Å². The summed E-state index contributed by atoms with van der Waals surface area (Å²) in [6, 6.07) is 0. The van der Waals surface area contributed by atoms with Crippen molar-refractivity contribution in [1.82, 2.24) is 19.5 Å². The monoisotopic (exact) mass is 292 g/mol. The number of fused-ring (bicyclic) bond motifs is 1. The maximum atomic E-state index is 12.1. The number of hydrogen-bond acceptors (Lipinski definition) is 3. The number of aromatic nitrogens is 4. The van der Waals surface area contributed by atoms with Crippen molar-refractivity contribution >= 4 is 11.2 Å². The van der Waals surface area contributed by atoms with Crippen LogP contribution in [0.4, 0.5) is 0 Å². The van der Waals surface area contributed by atoms with E-state index in [0.29, 0.717) is 17.7 Å². The molecule has 0 atom stereocenters. The molecule has 0 unspecified atom stereocenters. The molecule has 0 bridgehead atoms. The molecule has 116 valence electrons. The fourth-order valence-corrected chi connectivity index (χ4v) is 2.37. The lowest BCUT2D eigenvalue weighted by Gasteiger charge is -2.23. The molecule has 0 aliphatic heterocycles. The maximum absolute atomic E-state index is 12.1. The van der Waals surface area contributed by atoms with Crippen LogP contribution in [-0.2, 0) is 13.0 Å². The summed E-state index contributed by atoms with van der Waals surface area (Å²) in [5, 5.41) is 0. The largest absolute Gasteiger partial charge is 0.327 e. The van der Waals surface area contributed by atoms with E-state index in [1.807, 2.05) is 4.57 Å². The molecular formula is C15H24N4O2. The van der Waals surface area contributed by atoms with Crippen LogP contribution in [0.3, 0.4) is 0 Å². The minimum atomic E-state index is -0.518. The standard InChI is InChI=1S/C15H24N4O2/c1-14(2,3)7-9-16-11-10(12(20)18-13(21)17-11)19(9)8-15(4,5)6/h7-8H2,1-6H3,(H2,17,18,20,21). The van der Waals surface area contributed by atoms with E-state index in [1.54, 1.807) is 0 Å². The van der Waals surface area contributed by atoms with Gasteiger partial charge in [-0.25, -0.2) is 9.78 Å². The first-order valence-electron chi connectivity index (χ1n) is 7.18. The van der Waals surface area contributed by atoms with E-state index in [2.05, 4.69) is 56.5 Å². The molecule has 2 N–H and O–H groups in total. The van der Waals surface area contributed by atoms with Crippen LogP contribution in [0.25, 0.3) is 11.2 Å². The van der Waals surface area contributed by atoms with Crippen LogP contribution in [-0.4, -0.2) is 19.5 Å². The zero-order valence-electron chi connectivity index (χ0n) is 13.6. The van der Waals surface area contributed by atoms with Gasteiger partial charge in [-0.3, -0.25) is 14.8 Å². The Hall–Kier alpha value is -1.85. The van der Waals surface area contributed by atoms with Crippen molar-refractivity contribution in [3.8, 4) is 0 Å². The Morgan fingerprint density at radius 3 is 2.14 bits per heavy atom. The van der Waals surface area contributed by atoms with Gasteiger partial charge in [0.25, 0.3) is 5.56 Å². The average Bonchev–Trinajstić information content (AvgIpc) is 2.50. The van der Waals surface area contributed by atoms with Crippen molar-refractivity contribution in [3.63, 3.8) is 0 Å². The zero-order chi connectivity index (χ0) is 16.0. The molecule has 0 aliphatic rings. The van der Waals surface area contributed by atoms with E-state index < -0.39 is 5.69 Å². The Bertz CT molecular complexity index is 766. The number of H-pyrrole nitrogens is 2. The Morgan fingerprint density at radius 1 is 1.00 bits per heavy atom. The highest BCUT2D eigenvalue weighted by Gasteiger charge is 2.23. The van der Waals surface area contributed by atoms with E-state index in [4.69, 9.17) is 0 Å². The molecule has 0 radical (unpaired) electrons.